The van der Waals surface area contributed by atoms with Crippen LogP contribution in [-0.2, 0) is 9.47 Å². The highest BCUT2D eigenvalue weighted by Gasteiger charge is 2.14. The molecule has 5 heteroatoms. The molecule has 0 N–H and O–H groups in total. The summed E-state index contributed by atoms with van der Waals surface area (Å²) in [5.41, 5.74) is 5.56. The van der Waals surface area contributed by atoms with Gasteiger partial charge in [0.2, 0.25) is 0 Å². The lowest BCUT2D eigenvalue weighted by Crippen LogP contribution is -2.18. The maximum absolute atomic E-state index is 5.23. The maximum Gasteiger partial charge on any atom is 0.157 e. The molecule has 3 aromatic rings. The van der Waals surface area contributed by atoms with E-state index in [1.807, 2.05) is 14.1 Å². The molecule has 0 saturated heterocycles. The second kappa shape index (κ2) is 14.0. The van der Waals surface area contributed by atoms with Crippen molar-refractivity contribution in [3.63, 3.8) is 0 Å². The summed E-state index contributed by atoms with van der Waals surface area (Å²) in [5.74, 6) is 0.768. The fraction of sp³-hybridized carbons (Fsp3) is 0.536. The molecular weight excluding hydrogens is 410 g/mol. The fourth-order valence-electron chi connectivity index (χ4n) is 3.95. The molecule has 182 valence electrons. The predicted octanol–water partition coefficient (Wildman–Crippen LogP) is 6.98. The lowest BCUT2D eigenvalue weighted by atomic mass is 9.93. The average Bonchev–Trinajstić information content (AvgIpc) is 3.25. The number of nitrogens with zero attached hydrogens (tertiary/aromatic N) is 3. The number of hydrogen-bond donors (Lipinski definition) is 0. The van der Waals surface area contributed by atoms with Crippen molar-refractivity contribution in [3.05, 3.63) is 54.4 Å². The van der Waals surface area contributed by atoms with Gasteiger partial charge < -0.3 is 18.8 Å². The molecule has 0 spiro atoms. The van der Waals surface area contributed by atoms with Crippen molar-refractivity contribution in [3.8, 4) is 11.3 Å². The standard InChI is InChI=1S/C16H17N3.C12H26O2/c1-12-4-6-13(7-5-12)15-11-19-9-8-14(18(2)3)10-16(19)17-15;1-5-7-9-11(8-6-2)10-12(13-3)14-4/h4-11H,1-3H3;11-12H,5-10H2,1-4H3. The first kappa shape index (κ1) is 26.9. The summed E-state index contributed by atoms with van der Waals surface area (Å²) in [5, 5.41) is 0. The quantitative estimate of drug-likeness (QED) is 0.294. The monoisotopic (exact) mass is 453 g/mol. The van der Waals surface area contributed by atoms with Gasteiger partial charge in [0.25, 0.3) is 0 Å². The highest BCUT2D eigenvalue weighted by Crippen LogP contribution is 2.23. The minimum Gasteiger partial charge on any atom is -0.378 e. The van der Waals surface area contributed by atoms with Crippen LogP contribution in [0.5, 0.6) is 0 Å². The number of imidazole rings is 1. The topological polar surface area (TPSA) is 39.0 Å². The molecule has 0 aliphatic heterocycles. The van der Waals surface area contributed by atoms with Crippen molar-refractivity contribution in [2.24, 2.45) is 5.92 Å². The van der Waals surface area contributed by atoms with E-state index in [9.17, 15) is 0 Å². The Morgan fingerprint density at radius 1 is 0.970 bits per heavy atom. The van der Waals surface area contributed by atoms with Crippen LogP contribution in [-0.4, -0.2) is 44.0 Å². The Morgan fingerprint density at radius 2 is 1.67 bits per heavy atom. The van der Waals surface area contributed by atoms with E-state index in [-0.39, 0.29) is 6.29 Å². The third kappa shape index (κ3) is 8.49. The smallest absolute Gasteiger partial charge is 0.157 e. The van der Waals surface area contributed by atoms with E-state index < -0.39 is 0 Å². The Morgan fingerprint density at radius 3 is 2.24 bits per heavy atom. The zero-order valence-corrected chi connectivity index (χ0v) is 21.7. The Labute approximate surface area is 200 Å². The number of rotatable bonds is 11. The summed E-state index contributed by atoms with van der Waals surface area (Å²) < 4.78 is 12.5. The van der Waals surface area contributed by atoms with E-state index in [2.05, 4.69) is 78.9 Å². The fourth-order valence-corrected chi connectivity index (χ4v) is 3.95. The molecule has 1 aromatic carbocycles. The first-order chi connectivity index (χ1) is 15.9. The summed E-state index contributed by atoms with van der Waals surface area (Å²) in [4.78, 5) is 6.78. The molecule has 0 radical (unpaired) electrons. The van der Waals surface area contributed by atoms with Gasteiger partial charge >= 0.3 is 0 Å². The first-order valence-corrected chi connectivity index (χ1v) is 12.2. The van der Waals surface area contributed by atoms with Gasteiger partial charge in [0.1, 0.15) is 5.65 Å². The van der Waals surface area contributed by atoms with Crippen LogP contribution < -0.4 is 4.90 Å². The van der Waals surface area contributed by atoms with Crippen molar-refractivity contribution in [2.75, 3.05) is 33.2 Å². The van der Waals surface area contributed by atoms with E-state index in [0.29, 0.717) is 0 Å². The van der Waals surface area contributed by atoms with Gasteiger partial charge in [-0.1, -0.05) is 75.8 Å². The third-order valence-corrected chi connectivity index (χ3v) is 6.02. The molecule has 0 saturated carbocycles. The average molecular weight is 454 g/mol. The number of anilines is 1. The molecule has 5 nitrogen and oxygen atoms in total. The van der Waals surface area contributed by atoms with Crippen LogP contribution in [0.15, 0.2) is 48.8 Å². The molecule has 33 heavy (non-hydrogen) atoms. The highest BCUT2D eigenvalue weighted by molar-refractivity contribution is 5.65. The van der Waals surface area contributed by atoms with Crippen LogP contribution in [0.3, 0.4) is 0 Å². The van der Waals surface area contributed by atoms with E-state index in [1.54, 1.807) is 14.2 Å². The van der Waals surface area contributed by atoms with Crippen LogP contribution >= 0.6 is 0 Å². The summed E-state index contributed by atoms with van der Waals surface area (Å²) in [7, 11) is 7.51. The third-order valence-electron chi connectivity index (χ3n) is 6.02. The molecular formula is C28H43N3O2. The van der Waals surface area contributed by atoms with E-state index in [4.69, 9.17) is 14.5 Å². The number of pyridine rings is 1. The first-order valence-electron chi connectivity index (χ1n) is 12.2. The number of methoxy groups -OCH3 is 2. The molecule has 2 heterocycles. The van der Waals surface area contributed by atoms with Crippen LogP contribution in [0, 0.1) is 12.8 Å². The van der Waals surface area contributed by atoms with Gasteiger partial charge in [0.15, 0.2) is 6.29 Å². The largest absolute Gasteiger partial charge is 0.378 e. The van der Waals surface area contributed by atoms with Gasteiger partial charge in [-0.25, -0.2) is 4.98 Å². The summed E-state index contributed by atoms with van der Waals surface area (Å²) in [6, 6.07) is 12.6. The molecule has 0 fully saturated rings. The number of fused-ring (bicyclic) bond motifs is 1. The molecule has 1 unspecified atom stereocenters. The number of ether oxygens (including phenoxy) is 2. The van der Waals surface area contributed by atoms with Gasteiger partial charge in [-0.15, -0.1) is 0 Å². The number of aryl methyl sites for hydroxylation is 1. The molecule has 2 aromatic heterocycles. The van der Waals surface area contributed by atoms with Gasteiger partial charge in [0, 0.05) is 64.4 Å². The van der Waals surface area contributed by atoms with Crippen molar-refractivity contribution in [1.29, 1.82) is 0 Å². The van der Waals surface area contributed by atoms with Crippen molar-refractivity contribution < 1.29 is 9.47 Å². The SMILES string of the molecule is CCCCC(CCC)CC(OC)OC.Cc1ccc(-c2cn3ccc(N(C)C)cc3n2)cc1. The minimum absolute atomic E-state index is 0.0107. The lowest BCUT2D eigenvalue weighted by Gasteiger charge is -2.21. The second-order valence-corrected chi connectivity index (χ2v) is 8.97. The van der Waals surface area contributed by atoms with Crippen LogP contribution in [0.4, 0.5) is 5.69 Å². The van der Waals surface area contributed by atoms with E-state index in [1.165, 1.54) is 37.7 Å². The zero-order valence-electron chi connectivity index (χ0n) is 21.7. The summed E-state index contributed by atoms with van der Waals surface area (Å²) in [6.45, 7) is 6.58. The molecule has 3 rings (SSSR count). The van der Waals surface area contributed by atoms with E-state index in [0.717, 1.165) is 34.9 Å². The van der Waals surface area contributed by atoms with Gasteiger partial charge in [0.05, 0.1) is 5.69 Å². The van der Waals surface area contributed by atoms with Crippen molar-refractivity contribution >= 4 is 11.3 Å². The minimum atomic E-state index is -0.0107. The van der Waals surface area contributed by atoms with Crippen LogP contribution in [0.25, 0.3) is 16.9 Å². The van der Waals surface area contributed by atoms with Gasteiger partial charge in [-0.3, -0.25) is 0 Å². The predicted molar refractivity (Wildman–Crippen MR) is 140 cm³/mol. The lowest BCUT2D eigenvalue weighted by molar-refractivity contribution is -0.115. The molecule has 0 aliphatic rings. The Balaban J connectivity index is 0.000000248. The normalized spacial score (nSPS) is 12.0. The van der Waals surface area contributed by atoms with E-state index >= 15 is 0 Å². The Hall–Kier alpha value is -2.37. The number of unbranched alkanes of at least 4 members (excludes halogenated alkanes) is 1. The van der Waals surface area contributed by atoms with Crippen molar-refractivity contribution in [2.45, 2.75) is 65.6 Å². The van der Waals surface area contributed by atoms with Crippen LogP contribution in [0.1, 0.15) is 57.9 Å². The van der Waals surface area contributed by atoms with Gasteiger partial charge in [-0.2, -0.15) is 0 Å². The molecule has 0 bridgehead atoms. The number of benzene rings is 1. The summed E-state index contributed by atoms with van der Waals surface area (Å²) in [6.07, 6.45) is 11.6. The Bertz CT molecular complexity index is 930. The number of aromatic nitrogens is 2. The molecule has 1 atom stereocenters. The van der Waals surface area contributed by atoms with Crippen LogP contribution in [0.2, 0.25) is 0 Å². The number of hydrogen-bond acceptors (Lipinski definition) is 4. The second-order valence-electron chi connectivity index (χ2n) is 8.97. The Kier molecular flexibility index (Phi) is 11.4. The van der Waals surface area contributed by atoms with Gasteiger partial charge in [-0.05, 0) is 18.9 Å². The highest BCUT2D eigenvalue weighted by atomic mass is 16.7. The molecule has 0 amide bonds. The zero-order chi connectivity index (χ0) is 24.2. The van der Waals surface area contributed by atoms with Crippen molar-refractivity contribution in [1.82, 2.24) is 9.38 Å². The maximum atomic E-state index is 5.23. The summed E-state index contributed by atoms with van der Waals surface area (Å²) >= 11 is 0. The molecule has 0 aliphatic carbocycles.